The number of ether oxygens (including phenoxy) is 4. The Bertz CT molecular complexity index is 532. The van der Waals surface area contributed by atoms with E-state index >= 15 is 0 Å². The third-order valence-corrected chi connectivity index (χ3v) is 3.12. The van der Waals surface area contributed by atoms with Gasteiger partial charge in [-0.2, -0.15) is 0 Å². The molecule has 1 aromatic rings. The molecule has 0 aromatic heterocycles. The van der Waals surface area contributed by atoms with Gasteiger partial charge in [-0.05, 0) is 31.0 Å². The van der Waals surface area contributed by atoms with Gasteiger partial charge in [0.25, 0.3) is 0 Å². The number of esters is 1. The summed E-state index contributed by atoms with van der Waals surface area (Å²) in [5.74, 6) is 0.401. The Kier molecular flexibility index (Phi) is 9.29. The zero-order valence-electron chi connectivity index (χ0n) is 14.4. The van der Waals surface area contributed by atoms with Crippen molar-refractivity contribution in [3.8, 4) is 11.5 Å². The fraction of sp³-hybridized carbons (Fsp3) is 0.529. The van der Waals surface area contributed by atoms with Gasteiger partial charge in [0.15, 0.2) is 11.5 Å². The fourth-order valence-electron chi connectivity index (χ4n) is 1.98. The highest BCUT2D eigenvalue weighted by Gasteiger charge is 2.10. The van der Waals surface area contributed by atoms with E-state index in [1.807, 2.05) is 18.2 Å². The average molecular weight is 339 g/mol. The molecule has 134 valence electrons. The van der Waals surface area contributed by atoms with E-state index in [1.54, 1.807) is 21.1 Å². The molecule has 0 spiro atoms. The fourth-order valence-corrected chi connectivity index (χ4v) is 1.98. The molecular weight excluding hydrogens is 314 g/mol. The summed E-state index contributed by atoms with van der Waals surface area (Å²) in [4.78, 5) is 22.8. The number of rotatable bonds is 11. The second-order valence-corrected chi connectivity index (χ2v) is 4.91. The van der Waals surface area contributed by atoms with Crippen molar-refractivity contribution in [3.63, 3.8) is 0 Å². The van der Waals surface area contributed by atoms with Crippen LogP contribution in [0.1, 0.15) is 18.9 Å². The van der Waals surface area contributed by atoms with Crippen LogP contribution in [0.25, 0.3) is 0 Å². The molecule has 1 N–H and O–H groups in total. The van der Waals surface area contributed by atoms with E-state index in [1.165, 1.54) is 0 Å². The predicted octanol–water partition coefficient (Wildman–Crippen LogP) is 1.33. The van der Waals surface area contributed by atoms with Crippen LogP contribution >= 0.6 is 0 Å². The first-order chi connectivity index (χ1) is 11.6. The minimum atomic E-state index is -0.520. The maximum Gasteiger partial charge on any atom is 0.315 e. The molecule has 0 aliphatic carbocycles. The lowest BCUT2D eigenvalue weighted by Gasteiger charge is -2.12. The van der Waals surface area contributed by atoms with Crippen molar-refractivity contribution in [2.24, 2.45) is 0 Å². The van der Waals surface area contributed by atoms with E-state index in [-0.39, 0.29) is 18.9 Å². The lowest BCUT2D eigenvalue weighted by atomic mass is 10.1. The highest BCUT2D eigenvalue weighted by molar-refractivity contribution is 5.94. The van der Waals surface area contributed by atoms with E-state index in [2.05, 4.69) is 5.32 Å². The SMILES string of the molecule is CCOC(=O)CC(=O)NCCc1ccc(OC)c(OCCOC)c1. The van der Waals surface area contributed by atoms with Crippen molar-refractivity contribution >= 4 is 11.9 Å². The summed E-state index contributed by atoms with van der Waals surface area (Å²) < 4.78 is 20.6. The van der Waals surface area contributed by atoms with Gasteiger partial charge >= 0.3 is 5.97 Å². The van der Waals surface area contributed by atoms with Crippen LogP contribution in [0.2, 0.25) is 0 Å². The summed E-state index contributed by atoms with van der Waals surface area (Å²) in [5.41, 5.74) is 0.986. The maximum atomic E-state index is 11.6. The number of nitrogens with one attached hydrogen (secondary N) is 1. The molecule has 0 unspecified atom stereocenters. The zero-order valence-corrected chi connectivity index (χ0v) is 14.4. The topological polar surface area (TPSA) is 83.1 Å². The first-order valence-corrected chi connectivity index (χ1v) is 7.81. The molecule has 0 bridgehead atoms. The number of benzene rings is 1. The summed E-state index contributed by atoms with van der Waals surface area (Å²) in [7, 11) is 3.18. The van der Waals surface area contributed by atoms with Gasteiger partial charge in [0, 0.05) is 13.7 Å². The molecule has 0 saturated heterocycles. The summed E-state index contributed by atoms with van der Waals surface area (Å²) in [5, 5.41) is 2.69. The monoisotopic (exact) mass is 339 g/mol. The van der Waals surface area contributed by atoms with E-state index in [0.717, 1.165) is 5.56 Å². The van der Waals surface area contributed by atoms with E-state index < -0.39 is 5.97 Å². The molecule has 0 radical (unpaired) electrons. The standard InChI is InChI=1S/C17H25NO6/c1-4-23-17(20)12-16(19)18-8-7-13-5-6-14(22-3)15(11-13)24-10-9-21-2/h5-6,11H,4,7-10,12H2,1-3H3,(H,18,19). The Morgan fingerprint density at radius 1 is 1.12 bits per heavy atom. The molecular formula is C17H25NO6. The molecule has 0 saturated carbocycles. The van der Waals surface area contributed by atoms with Crippen LogP contribution in [-0.2, 0) is 25.5 Å². The molecule has 7 heteroatoms. The molecule has 24 heavy (non-hydrogen) atoms. The Labute approximate surface area is 142 Å². The van der Waals surface area contributed by atoms with E-state index in [9.17, 15) is 9.59 Å². The van der Waals surface area contributed by atoms with Crippen molar-refractivity contribution in [1.82, 2.24) is 5.32 Å². The number of hydrogen-bond acceptors (Lipinski definition) is 6. The largest absolute Gasteiger partial charge is 0.493 e. The number of amides is 1. The van der Waals surface area contributed by atoms with E-state index in [0.29, 0.717) is 37.7 Å². The van der Waals surface area contributed by atoms with Crippen molar-refractivity contribution in [1.29, 1.82) is 0 Å². The predicted molar refractivity (Wildman–Crippen MR) is 88.3 cm³/mol. The Balaban J connectivity index is 2.48. The smallest absolute Gasteiger partial charge is 0.315 e. The molecule has 0 fully saturated rings. The van der Waals surface area contributed by atoms with Crippen LogP contribution in [0.3, 0.4) is 0 Å². The quantitative estimate of drug-likeness (QED) is 0.372. The molecule has 0 aliphatic rings. The first-order valence-electron chi connectivity index (χ1n) is 7.81. The molecule has 0 heterocycles. The highest BCUT2D eigenvalue weighted by Crippen LogP contribution is 2.28. The van der Waals surface area contributed by atoms with Crippen LogP contribution in [0.5, 0.6) is 11.5 Å². The highest BCUT2D eigenvalue weighted by atomic mass is 16.5. The van der Waals surface area contributed by atoms with Crippen molar-refractivity contribution < 1.29 is 28.5 Å². The van der Waals surface area contributed by atoms with Crippen molar-refractivity contribution in [2.45, 2.75) is 19.8 Å². The summed E-state index contributed by atoms with van der Waals surface area (Å²) >= 11 is 0. The second-order valence-electron chi connectivity index (χ2n) is 4.91. The lowest BCUT2D eigenvalue weighted by molar-refractivity contribution is -0.145. The van der Waals surface area contributed by atoms with Crippen LogP contribution < -0.4 is 14.8 Å². The van der Waals surface area contributed by atoms with Gasteiger partial charge in [-0.3, -0.25) is 9.59 Å². The van der Waals surface area contributed by atoms with E-state index in [4.69, 9.17) is 18.9 Å². The summed E-state index contributed by atoms with van der Waals surface area (Å²) in [6.45, 7) is 3.29. The van der Waals surface area contributed by atoms with Crippen LogP contribution in [0.15, 0.2) is 18.2 Å². The van der Waals surface area contributed by atoms with Crippen LogP contribution in [0, 0.1) is 0 Å². The Morgan fingerprint density at radius 2 is 1.92 bits per heavy atom. The van der Waals surface area contributed by atoms with Gasteiger partial charge in [-0.25, -0.2) is 0 Å². The zero-order chi connectivity index (χ0) is 17.8. The second kappa shape index (κ2) is 11.3. The molecule has 1 rings (SSSR count). The molecule has 0 atom stereocenters. The molecule has 0 aliphatic heterocycles. The van der Waals surface area contributed by atoms with Crippen molar-refractivity contribution in [3.05, 3.63) is 23.8 Å². The molecule has 1 amide bonds. The maximum absolute atomic E-state index is 11.6. The summed E-state index contributed by atoms with van der Waals surface area (Å²) in [6, 6.07) is 5.59. The molecule has 7 nitrogen and oxygen atoms in total. The first kappa shape index (κ1) is 19.8. The molecule has 1 aromatic carbocycles. The van der Waals surface area contributed by atoms with Gasteiger partial charge in [-0.15, -0.1) is 0 Å². The van der Waals surface area contributed by atoms with Gasteiger partial charge in [-0.1, -0.05) is 6.07 Å². The van der Waals surface area contributed by atoms with Gasteiger partial charge < -0.3 is 24.3 Å². The summed E-state index contributed by atoms with van der Waals surface area (Å²) in [6.07, 6.45) is 0.348. The third-order valence-electron chi connectivity index (χ3n) is 3.12. The van der Waals surface area contributed by atoms with Gasteiger partial charge in [0.1, 0.15) is 13.0 Å². The van der Waals surface area contributed by atoms with Crippen LogP contribution in [0.4, 0.5) is 0 Å². The normalized spacial score (nSPS) is 10.1. The number of carbonyl (C=O) groups excluding carboxylic acids is 2. The minimum absolute atomic E-state index is 0.262. The Morgan fingerprint density at radius 3 is 2.58 bits per heavy atom. The minimum Gasteiger partial charge on any atom is -0.493 e. The number of carbonyl (C=O) groups is 2. The van der Waals surface area contributed by atoms with Gasteiger partial charge in [0.2, 0.25) is 5.91 Å². The average Bonchev–Trinajstić information content (AvgIpc) is 2.55. The van der Waals surface area contributed by atoms with Gasteiger partial charge in [0.05, 0.1) is 20.3 Å². The number of methoxy groups -OCH3 is 2. The third kappa shape index (κ3) is 7.32. The Hall–Kier alpha value is -2.28. The van der Waals surface area contributed by atoms with Crippen molar-refractivity contribution in [2.75, 3.05) is 40.6 Å². The number of hydrogen-bond donors (Lipinski definition) is 1. The van der Waals surface area contributed by atoms with Crippen LogP contribution in [-0.4, -0.2) is 52.5 Å². The lowest BCUT2D eigenvalue weighted by Crippen LogP contribution is -2.28.